The summed E-state index contributed by atoms with van der Waals surface area (Å²) in [5.41, 5.74) is 2.40. The van der Waals surface area contributed by atoms with E-state index in [4.69, 9.17) is 11.6 Å². The summed E-state index contributed by atoms with van der Waals surface area (Å²) < 4.78 is 13.7. The predicted molar refractivity (Wildman–Crippen MR) is 81.3 cm³/mol. The van der Waals surface area contributed by atoms with Crippen molar-refractivity contribution in [2.75, 3.05) is 5.32 Å². The quantitative estimate of drug-likeness (QED) is 0.662. The summed E-state index contributed by atoms with van der Waals surface area (Å²) >= 11 is 5.95. The Balaban J connectivity index is 2.28. The number of aryl methyl sites for hydroxylation is 2. The SMILES string of the molecule is Cc1cc(C)c([N+](=O)[O-])cc1NCc1c(F)cccc1Cl. The second-order valence-corrected chi connectivity index (χ2v) is 5.17. The van der Waals surface area contributed by atoms with Gasteiger partial charge in [-0.2, -0.15) is 0 Å². The van der Waals surface area contributed by atoms with Gasteiger partial charge in [-0.25, -0.2) is 4.39 Å². The number of hydrogen-bond acceptors (Lipinski definition) is 3. The summed E-state index contributed by atoms with van der Waals surface area (Å²) in [5.74, 6) is -0.408. The first kappa shape index (κ1) is 15.3. The van der Waals surface area contributed by atoms with Crippen LogP contribution in [0.15, 0.2) is 30.3 Å². The Bertz CT molecular complexity index is 684. The van der Waals surface area contributed by atoms with Crippen molar-refractivity contribution in [1.82, 2.24) is 0 Å². The zero-order valence-corrected chi connectivity index (χ0v) is 12.4. The fourth-order valence-corrected chi connectivity index (χ4v) is 2.34. The van der Waals surface area contributed by atoms with Crippen molar-refractivity contribution in [3.05, 3.63) is 68.0 Å². The monoisotopic (exact) mass is 308 g/mol. The molecule has 0 heterocycles. The van der Waals surface area contributed by atoms with E-state index in [1.807, 2.05) is 6.92 Å². The minimum absolute atomic E-state index is 0.0303. The van der Waals surface area contributed by atoms with Crippen LogP contribution in [-0.4, -0.2) is 4.92 Å². The van der Waals surface area contributed by atoms with E-state index in [2.05, 4.69) is 5.32 Å². The summed E-state index contributed by atoms with van der Waals surface area (Å²) in [5, 5.41) is 14.3. The molecule has 0 aliphatic heterocycles. The van der Waals surface area contributed by atoms with Gasteiger partial charge in [0.2, 0.25) is 0 Å². The molecule has 0 spiro atoms. The molecular weight excluding hydrogens is 295 g/mol. The van der Waals surface area contributed by atoms with Crippen molar-refractivity contribution >= 4 is 23.0 Å². The first-order valence-electron chi connectivity index (χ1n) is 6.32. The molecular formula is C15H14ClFN2O2. The van der Waals surface area contributed by atoms with E-state index in [0.717, 1.165) is 5.56 Å². The summed E-state index contributed by atoms with van der Waals surface area (Å²) in [7, 11) is 0. The molecule has 1 N–H and O–H groups in total. The van der Waals surface area contributed by atoms with Gasteiger partial charge in [-0.15, -0.1) is 0 Å². The van der Waals surface area contributed by atoms with Gasteiger partial charge in [0.25, 0.3) is 5.69 Å². The number of nitrogens with one attached hydrogen (secondary N) is 1. The minimum Gasteiger partial charge on any atom is -0.380 e. The van der Waals surface area contributed by atoms with E-state index in [1.165, 1.54) is 18.2 Å². The van der Waals surface area contributed by atoms with Crippen LogP contribution < -0.4 is 5.32 Å². The van der Waals surface area contributed by atoms with E-state index in [0.29, 0.717) is 21.8 Å². The third-order valence-corrected chi connectivity index (χ3v) is 3.61. The molecule has 0 saturated heterocycles. The molecule has 21 heavy (non-hydrogen) atoms. The lowest BCUT2D eigenvalue weighted by Gasteiger charge is -2.12. The number of nitro groups is 1. The van der Waals surface area contributed by atoms with Crippen LogP contribution in [0.1, 0.15) is 16.7 Å². The molecule has 2 aromatic carbocycles. The van der Waals surface area contributed by atoms with E-state index in [1.54, 1.807) is 19.1 Å². The van der Waals surface area contributed by atoms with Crippen molar-refractivity contribution in [2.24, 2.45) is 0 Å². The van der Waals surface area contributed by atoms with Gasteiger partial charge in [0.1, 0.15) is 5.82 Å². The van der Waals surface area contributed by atoms with Crippen LogP contribution in [0.25, 0.3) is 0 Å². The van der Waals surface area contributed by atoms with Crippen LogP contribution in [0, 0.1) is 29.8 Å². The van der Waals surface area contributed by atoms with E-state index >= 15 is 0 Å². The van der Waals surface area contributed by atoms with Crippen LogP contribution in [0.4, 0.5) is 15.8 Å². The predicted octanol–water partition coefficient (Wildman–Crippen LogP) is 4.62. The van der Waals surface area contributed by atoms with Crippen molar-refractivity contribution < 1.29 is 9.31 Å². The molecule has 6 heteroatoms. The van der Waals surface area contributed by atoms with Crippen LogP contribution in [0.3, 0.4) is 0 Å². The molecule has 0 unspecified atom stereocenters. The molecule has 0 saturated carbocycles. The van der Waals surface area contributed by atoms with Gasteiger partial charge in [0, 0.05) is 34.4 Å². The molecule has 0 bridgehead atoms. The molecule has 0 aromatic heterocycles. The Morgan fingerprint density at radius 2 is 2.00 bits per heavy atom. The van der Waals surface area contributed by atoms with Crippen LogP contribution in [-0.2, 0) is 6.54 Å². The highest BCUT2D eigenvalue weighted by Crippen LogP contribution is 2.27. The molecule has 0 aliphatic carbocycles. The van der Waals surface area contributed by atoms with E-state index in [-0.39, 0.29) is 12.2 Å². The lowest BCUT2D eigenvalue weighted by molar-refractivity contribution is -0.385. The van der Waals surface area contributed by atoms with Gasteiger partial charge < -0.3 is 5.32 Å². The average Bonchev–Trinajstić information content (AvgIpc) is 2.39. The molecule has 0 amide bonds. The highest BCUT2D eigenvalue weighted by molar-refractivity contribution is 6.31. The molecule has 2 rings (SSSR count). The second-order valence-electron chi connectivity index (χ2n) is 4.76. The van der Waals surface area contributed by atoms with E-state index < -0.39 is 10.7 Å². The van der Waals surface area contributed by atoms with Crippen LogP contribution >= 0.6 is 11.6 Å². The lowest BCUT2D eigenvalue weighted by atomic mass is 10.1. The lowest BCUT2D eigenvalue weighted by Crippen LogP contribution is -2.05. The largest absolute Gasteiger partial charge is 0.380 e. The van der Waals surface area contributed by atoms with Crippen molar-refractivity contribution in [3.8, 4) is 0 Å². The number of benzene rings is 2. The summed E-state index contributed by atoms with van der Waals surface area (Å²) in [6.45, 7) is 3.68. The fraction of sp³-hybridized carbons (Fsp3) is 0.200. The van der Waals surface area contributed by atoms with Crippen molar-refractivity contribution in [2.45, 2.75) is 20.4 Å². The number of nitro benzene ring substituents is 1. The number of halogens is 2. The molecule has 110 valence electrons. The number of hydrogen-bond donors (Lipinski definition) is 1. The third kappa shape index (κ3) is 3.31. The Kier molecular flexibility index (Phi) is 4.43. The molecule has 0 aliphatic rings. The molecule has 0 fully saturated rings. The van der Waals surface area contributed by atoms with Crippen LogP contribution in [0.5, 0.6) is 0 Å². The highest BCUT2D eigenvalue weighted by Gasteiger charge is 2.14. The van der Waals surface area contributed by atoms with Gasteiger partial charge in [-0.1, -0.05) is 17.7 Å². The highest BCUT2D eigenvalue weighted by atomic mass is 35.5. The third-order valence-electron chi connectivity index (χ3n) is 3.26. The zero-order chi connectivity index (χ0) is 15.6. The van der Waals surface area contributed by atoms with Gasteiger partial charge in [0.05, 0.1) is 4.92 Å². The summed E-state index contributed by atoms with van der Waals surface area (Å²) in [6, 6.07) is 7.64. The second kappa shape index (κ2) is 6.10. The standard InChI is InChI=1S/C15H14ClFN2O2/c1-9-6-10(2)15(19(20)21)7-14(9)18-8-11-12(16)4-3-5-13(11)17/h3-7,18H,8H2,1-2H3. The zero-order valence-electron chi connectivity index (χ0n) is 11.6. The maximum atomic E-state index is 13.7. The van der Waals surface area contributed by atoms with Crippen molar-refractivity contribution in [1.29, 1.82) is 0 Å². The van der Waals surface area contributed by atoms with Crippen LogP contribution in [0.2, 0.25) is 5.02 Å². The average molecular weight is 309 g/mol. The van der Waals surface area contributed by atoms with Gasteiger partial charge >= 0.3 is 0 Å². The topological polar surface area (TPSA) is 55.2 Å². The maximum absolute atomic E-state index is 13.7. The Hall–Kier alpha value is -2.14. The van der Waals surface area contributed by atoms with Gasteiger partial charge in [-0.3, -0.25) is 10.1 Å². The first-order chi connectivity index (χ1) is 9.90. The van der Waals surface area contributed by atoms with E-state index in [9.17, 15) is 14.5 Å². The molecule has 2 aromatic rings. The molecule has 0 atom stereocenters. The summed E-state index contributed by atoms with van der Waals surface area (Å²) in [4.78, 5) is 10.5. The number of nitrogens with zero attached hydrogens (tertiary/aromatic N) is 1. The summed E-state index contributed by atoms with van der Waals surface area (Å²) in [6.07, 6.45) is 0. The Labute approximate surface area is 126 Å². The fourth-order valence-electron chi connectivity index (χ4n) is 2.11. The smallest absolute Gasteiger partial charge is 0.274 e. The van der Waals surface area contributed by atoms with Crippen molar-refractivity contribution in [3.63, 3.8) is 0 Å². The number of anilines is 1. The Morgan fingerprint density at radius 3 is 2.62 bits per heavy atom. The Morgan fingerprint density at radius 1 is 1.29 bits per heavy atom. The van der Waals surface area contributed by atoms with Gasteiger partial charge in [0.15, 0.2) is 0 Å². The molecule has 4 nitrogen and oxygen atoms in total. The first-order valence-corrected chi connectivity index (χ1v) is 6.70. The number of rotatable bonds is 4. The maximum Gasteiger partial charge on any atom is 0.274 e. The minimum atomic E-state index is -0.434. The normalized spacial score (nSPS) is 10.5. The molecule has 0 radical (unpaired) electrons. The van der Waals surface area contributed by atoms with Gasteiger partial charge in [-0.05, 0) is 37.6 Å².